The standard InChI is InChI=1S/C14H19NO4S/c1-10(2)14(17)8-15(9-14)13(16)11-5-4-6-12(7-11)20(3,18)19/h4-7,10,17H,8-9H2,1-3H3. The Bertz CT molecular complexity index is 630. The van der Waals surface area contributed by atoms with Crippen LogP contribution in [0, 0.1) is 5.92 Å². The fourth-order valence-electron chi connectivity index (χ4n) is 2.17. The first-order valence-electron chi connectivity index (χ1n) is 6.45. The minimum atomic E-state index is -3.33. The number of sulfone groups is 1. The van der Waals surface area contributed by atoms with Crippen molar-refractivity contribution >= 4 is 15.7 Å². The molecule has 0 aromatic heterocycles. The lowest BCUT2D eigenvalue weighted by Crippen LogP contribution is -2.65. The van der Waals surface area contributed by atoms with E-state index >= 15 is 0 Å². The van der Waals surface area contributed by atoms with Crippen LogP contribution in [-0.4, -0.2) is 49.3 Å². The molecule has 1 N–H and O–H groups in total. The van der Waals surface area contributed by atoms with Gasteiger partial charge in [-0.15, -0.1) is 0 Å². The van der Waals surface area contributed by atoms with Crippen molar-refractivity contribution in [1.29, 1.82) is 0 Å². The lowest BCUT2D eigenvalue weighted by atomic mass is 9.82. The van der Waals surface area contributed by atoms with Gasteiger partial charge in [-0.05, 0) is 24.1 Å². The number of carbonyl (C=O) groups is 1. The Balaban J connectivity index is 2.17. The molecule has 1 saturated heterocycles. The molecule has 0 radical (unpaired) electrons. The van der Waals surface area contributed by atoms with Crippen molar-refractivity contribution < 1.29 is 18.3 Å². The summed E-state index contributed by atoms with van der Waals surface area (Å²) in [4.78, 5) is 13.9. The molecule has 5 nitrogen and oxygen atoms in total. The minimum absolute atomic E-state index is 0.0777. The van der Waals surface area contributed by atoms with Gasteiger partial charge in [0.25, 0.3) is 5.91 Å². The highest BCUT2D eigenvalue weighted by molar-refractivity contribution is 7.90. The van der Waals surface area contributed by atoms with E-state index in [4.69, 9.17) is 0 Å². The first kappa shape index (κ1) is 15.0. The van der Waals surface area contributed by atoms with E-state index in [1.807, 2.05) is 13.8 Å². The van der Waals surface area contributed by atoms with E-state index in [-0.39, 0.29) is 29.8 Å². The van der Waals surface area contributed by atoms with Crippen molar-refractivity contribution in [3.8, 4) is 0 Å². The molecule has 1 aliphatic rings. The number of amides is 1. The van der Waals surface area contributed by atoms with Crippen molar-refractivity contribution in [2.45, 2.75) is 24.3 Å². The van der Waals surface area contributed by atoms with E-state index in [0.29, 0.717) is 5.56 Å². The molecule has 0 spiro atoms. The number of hydrogen-bond acceptors (Lipinski definition) is 4. The van der Waals surface area contributed by atoms with Crippen molar-refractivity contribution in [2.24, 2.45) is 5.92 Å². The van der Waals surface area contributed by atoms with Crippen molar-refractivity contribution in [3.05, 3.63) is 29.8 Å². The van der Waals surface area contributed by atoms with E-state index < -0.39 is 15.4 Å². The van der Waals surface area contributed by atoms with Crippen molar-refractivity contribution in [3.63, 3.8) is 0 Å². The first-order chi connectivity index (χ1) is 9.13. The molecular formula is C14H19NO4S. The van der Waals surface area contributed by atoms with Gasteiger partial charge < -0.3 is 10.0 Å². The second-order valence-corrected chi connectivity index (χ2v) is 7.74. The van der Waals surface area contributed by atoms with Crippen LogP contribution in [0.1, 0.15) is 24.2 Å². The molecule has 1 aromatic carbocycles. The monoisotopic (exact) mass is 297 g/mol. The van der Waals surface area contributed by atoms with E-state index in [0.717, 1.165) is 6.26 Å². The highest BCUT2D eigenvalue weighted by Crippen LogP contribution is 2.29. The summed E-state index contributed by atoms with van der Waals surface area (Å²) in [6.07, 6.45) is 1.11. The molecule has 1 aromatic rings. The Morgan fingerprint density at radius 3 is 2.45 bits per heavy atom. The van der Waals surface area contributed by atoms with Crippen LogP contribution in [-0.2, 0) is 9.84 Å². The number of nitrogens with zero attached hydrogens (tertiary/aromatic N) is 1. The molecule has 0 aliphatic carbocycles. The van der Waals surface area contributed by atoms with Gasteiger partial charge in [0.1, 0.15) is 5.60 Å². The van der Waals surface area contributed by atoms with Gasteiger partial charge in [-0.2, -0.15) is 0 Å². The number of rotatable bonds is 3. The van der Waals surface area contributed by atoms with Crippen molar-refractivity contribution in [1.82, 2.24) is 4.90 Å². The fraction of sp³-hybridized carbons (Fsp3) is 0.500. The highest BCUT2D eigenvalue weighted by Gasteiger charge is 2.45. The molecule has 110 valence electrons. The molecule has 0 saturated carbocycles. The summed E-state index contributed by atoms with van der Waals surface area (Å²) >= 11 is 0. The zero-order chi connectivity index (χ0) is 15.1. The van der Waals surface area contributed by atoms with Gasteiger partial charge in [-0.1, -0.05) is 19.9 Å². The van der Waals surface area contributed by atoms with Crippen LogP contribution in [0.2, 0.25) is 0 Å². The summed E-state index contributed by atoms with van der Waals surface area (Å²) in [7, 11) is -3.33. The fourth-order valence-corrected chi connectivity index (χ4v) is 2.83. The van der Waals surface area contributed by atoms with E-state index in [2.05, 4.69) is 0 Å². The number of benzene rings is 1. The maximum Gasteiger partial charge on any atom is 0.254 e. The zero-order valence-corrected chi connectivity index (χ0v) is 12.6. The molecule has 2 rings (SSSR count). The molecule has 1 aliphatic heterocycles. The van der Waals surface area contributed by atoms with E-state index in [1.165, 1.54) is 17.0 Å². The zero-order valence-electron chi connectivity index (χ0n) is 11.8. The Hall–Kier alpha value is -1.40. The maximum atomic E-state index is 12.2. The van der Waals surface area contributed by atoms with Gasteiger partial charge in [-0.25, -0.2) is 8.42 Å². The van der Waals surface area contributed by atoms with Gasteiger partial charge in [0.05, 0.1) is 18.0 Å². The van der Waals surface area contributed by atoms with Gasteiger partial charge in [0, 0.05) is 11.8 Å². The summed E-state index contributed by atoms with van der Waals surface area (Å²) in [6.45, 7) is 4.39. The molecule has 1 heterocycles. The Kier molecular flexibility index (Phi) is 3.64. The third kappa shape index (κ3) is 2.71. The van der Waals surface area contributed by atoms with Crippen LogP contribution < -0.4 is 0 Å². The highest BCUT2D eigenvalue weighted by atomic mass is 32.2. The average Bonchev–Trinajstić information content (AvgIpc) is 2.33. The lowest BCUT2D eigenvalue weighted by molar-refractivity contribution is -0.110. The van der Waals surface area contributed by atoms with E-state index in [9.17, 15) is 18.3 Å². The Morgan fingerprint density at radius 2 is 1.95 bits per heavy atom. The molecule has 0 unspecified atom stereocenters. The molecule has 1 amide bonds. The predicted molar refractivity (Wildman–Crippen MR) is 75.2 cm³/mol. The lowest BCUT2D eigenvalue weighted by Gasteiger charge is -2.49. The first-order valence-corrected chi connectivity index (χ1v) is 8.34. The summed E-state index contributed by atoms with van der Waals surface area (Å²) in [5.41, 5.74) is -0.497. The molecular weight excluding hydrogens is 278 g/mol. The molecule has 1 fully saturated rings. The van der Waals surface area contributed by atoms with Crippen LogP contribution >= 0.6 is 0 Å². The van der Waals surface area contributed by atoms with Gasteiger partial charge >= 0.3 is 0 Å². The largest absolute Gasteiger partial charge is 0.386 e. The second kappa shape index (κ2) is 4.86. The van der Waals surface area contributed by atoms with Crippen LogP contribution in [0.25, 0.3) is 0 Å². The van der Waals surface area contributed by atoms with Crippen molar-refractivity contribution in [2.75, 3.05) is 19.3 Å². The topological polar surface area (TPSA) is 74.7 Å². The SMILES string of the molecule is CC(C)C1(O)CN(C(=O)c2cccc(S(C)(=O)=O)c2)C1. The number of aliphatic hydroxyl groups is 1. The number of β-amino-alcohol motifs (C(OH)–C–C–N with tert-alkyl or cyclic N) is 1. The molecule has 0 bridgehead atoms. The molecule has 20 heavy (non-hydrogen) atoms. The summed E-state index contributed by atoms with van der Waals surface area (Å²) < 4.78 is 23.0. The predicted octanol–water partition coefficient (Wildman–Crippen LogP) is 0.933. The van der Waals surface area contributed by atoms with Gasteiger partial charge in [-0.3, -0.25) is 4.79 Å². The quantitative estimate of drug-likeness (QED) is 0.901. The smallest absolute Gasteiger partial charge is 0.254 e. The third-order valence-electron chi connectivity index (χ3n) is 3.80. The number of hydrogen-bond donors (Lipinski definition) is 1. The third-order valence-corrected chi connectivity index (χ3v) is 4.91. The second-order valence-electron chi connectivity index (χ2n) is 5.72. The van der Waals surface area contributed by atoms with Crippen LogP contribution in [0.15, 0.2) is 29.2 Å². The molecule has 0 atom stereocenters. The van der Waals surface area contributed by atoms with Gasteiger partial charge in [0.15, 0.2) is 9.84 Å². The Morgan fingerprint density at radius 1 is 1.35 bits per heavy atom. The van der Waals surface area contributed by atoms with Crippen LogP contribution in [0.3, 0.4) is 0 Å². The summed E-state index contributed by atoms with van der Waals surface area (Å²) in [6, 6.07) is 5.99. The van der Waals surface area contributed by atoms with Crippen LogP contribution in [0.5, 0.6) is 0 Å². The van der Waals surface area contributed by atoms with E-state index in [1.54, 1.807) is 12.1 Å². The summed E-state index contributed by atoms with van der Waals surface area (Å²) in [5.74, 6) is -0.172. The maximum absolute atomic E-state index is 12.2. The minimum Gasteiger partial charge on any atom is -0.386 e. The number of likely N-dealkylation sites (tertiary alicyclic amines) is 1. The summed E-state index contributed by atoms with van der Waals surface area (Å²) in [5, 5.41) is 10.1. The normalized spacial score (nSPS) is 17.9. The van der Waals surface area contributed by atoms with Crippen LogP contribution in [0.4, 0.5) is 0 Å². The molecule has 6 heteroatoms. The average molecular weight is 297 g/mol. The van der Waals surface area contributed by atoms with Gasteiger partial charge in [0.2, 0.25) is 0 Å². The Labute approximate surface area is 119 Å². The number of carbonyl (C=O) groups excluding carboxylic acids is 1.